The van der Waals surface area contributed by atoms with E-state index in [2.05, 4.69) is 19.1 Å². The van der Waals surface area contributed by atoms with Crippen LogP contribution < -0.4 is 0 Å². The van der Waals surface area contributed by atoms with Gasteiger partial charge in [-0.3, -0.25) is 0 Å². The Morgan fingerprint density at radius 2 is 2.05 bits per heavy atom. The summed E-state index contributed by atoms with van der Waals surface area (Å²) in [6.45, 7) is 2.15. The first-order valence-corrected chi connectivity index (χ1v) is 7.10. The molecule has 1 saturated carbocycles. The number of rotatable bonds is 3. The zero-order valence-corrected chi connectivity index (χ0v) is 11.4. The molecule has 0 amide bonds. The van der Waals surface area contributed by atoms with Gasteiger partial charge in [-0.1, -0.05) is 25.1 Å². The van der Waals surface area contributed by atoms with Gasteiger partial charge in [-0.25, -0.2) is 4.39 Å². The summed E-state index contributed by atoms with van der Waals surface area (Å²) in [5.74, 6) is 0.765. The van der Waals surface area contributed by atoms with Gasteiger partial charge >= 0.3 is 0 Å². The molecule has 1 aromatic carbocycles. The largest absolute Gasteiger partial charge is 0.206 e. The lowest BCUT2D eigenvalue weighted by molar-refractivity contribution is 0.374. The Labute approximate surface area is 114 Å². The summed E-state index contributed by atoms with van der Waals surface area (Å²) >= 11 is 0. The Hall–Kier alpha value is -1.62. The Balaban J connectivity index is 2.00. The van der Waals surface area contributed by atoms with Crippen molar-refractivity contribution in [2.45, 2.75) is 44.9 Å². The molecule has 2 heteroatoms. The summed E-state index contributed by atoms with van der Waals surface area (Å²) in [6, 6.07) is 6.93. The number of hydrogen-bond donors (Lipinski definition) is 0. The van der Waals surface area contributed by atoms with Gasteiger partial charge in [-0.2, -0.15) is 5.26 Å². The summed E-state index contributed by atoms with van der Waals surface area (Å²) in [5.41, 5.74) is 1.19. The number of nitriles is 1. The van der Waals surface area contributed by atoms with Gasteiger partial charge in [0.15, 0.2) is 0 Å². The zero-order valence-electron chi connectivity index (χ0n) is 11.4. The van der Waals surface area contributed by atoms with Gasteiger partial charge in [0.05, 0.1) is 5.56 Å². The molecule has 1 aliphatic carbocycles. The lowest BCUT2D eigenvalue weighted by Gasteiger charge is -2.27. The molecular formula is C17H20FN. The Bertz CT molecular complexity index is 490. The minimum atomic E-state index is -0.381. The average Bonchev–Trinajstić information content (AvgIpc) is 2.45. The van der Waals surface area contributed by atoms with Crippen molar-refractivity contribution in [2.75, 3.05) is 0 Å². The van der Waals surface area contributed by atoms with Crippen LogP contribution >= 0.6 is 0 Å². The van der Waals surface area contributed by atoms with Crippen molar-refractivity contribution in [3.63, 3.8) is 0 Å². The minimum absolute atomic E-state index is 0.142. The van der Waals surface area contributed by atoms with Gasteiger partial charge < -0.3 is 0 Å². The van der Waals surface area contributed by atoms with Crippen molar-refractivity contribution < 1.29 is 4.39 Å². The number of benzene rings is 1. The normalized spacial score (nSPS) is 23.4. The van der Waals surface area contributed by atoms with Gasteiger partial charge in [0.1, 0.15) is 11.9 Å². The topological polar surface area (TPSA) is 23.8 Å². The fraction of sp³-hybridized carbons (Fsp3) is 0.471. The van der Waals surface area contributed by atoms with Gasteiger partial charge in [-0.05, 0) is 61.6 Å². The molecule has 0 unspecified atom stereocenters. The van der Waals surface area contributed by atoms with Gasteiger partial charge in [0, 0.05) is 0 Å². The van der Waals surface area contributed by atoms with E-state index >= 15 is 0 Å². The first-order valence-electron chi connectivity index (χ1n) is 7.10. The molecule has 2 rings (SSSR count). The summed E-state index contributed by atoms with van der Waals surface area (Å²) in [6.07, 6.45) is 10.3. The van der Waals surface area contributed by atoms with Crippen LogP contribution in [0.15, 0.2) is 30.4 Å². The number of nitrogens with zero attached hydrogens (tertiary/aromatic N) is 1. The first kappa shape index (κ1) is 13.8. The molecule has 0 atom stereocenters. The van der Waals surface area contributed by atoms with Gasteiger partial charge in [-0.15, -0.1) is 0 Å². The molecule has 1 aromatic rings. The van der Waals surface area contributed by atoms with Crippen LogP contribution in [0, 0.1) is 23.1 Å². The average molecular weight is 257 g/mol. The van der Waals surface area contributed by atoms with E-state index in [1.807, 2.05) is 12.1 Å². The highest BCUT2D eigenvalue weighted by molar-refractivity contribution is 5.34. The third-order valence-electron chi connectivity index (χ3n) is 4.00. The third-order valence-corrected chi connectivity index (χ3v) is 4.00. The zero-order chi connectivity index (χ0) is 13.7. The first-order chi connectivity index (χ1) is 9.24. The molecule has 100 valence electrons. The SMILES string of the molecule is CC/C=C/C1CCC(c2ccc(C#N)c(F)c2)CC1. The van der Waals surface area contributed by atoms with Crippen molar-refractivity contribution in [1.29, 1.82) is 5.26 Å². The van der Waals surface area contributed by atoms with Crippen LogP contribution in [-0.2, 0) is 0 Å². The maximum atomic E-state index is 13.6. The predicted octanol–water partition coefficient (Wildman–Crippen LogP) is 4.94. The molecule has 1 aliphatic rings. The second kappa shape index (κ2) is 6.52. The van der Waals surface area contributed by atoms with Crippen LogP contribution in [0.25, 0.3) is 0 Å². The van der Waals surface area contributed by atoms with Gasteiger partial charge in [0.2, 0.25) is 0 Å². The van der Waals surface area contributed by atoms with Crippen molar-refractivity contribution in [2.24, 2.45) is 5.92 Å². The number of allylic oxidation sites excluding steroid dienone is 2. The molecule has 0 bridgehead atoms. The van der Waals surface area contributed by atoms with Crippen molar-refractivity contribution in [3.05, 3.63) is 47.3 Å². The van der Waals surface area contributed by atoms with E-state index < -0.39 is 0 Å². The molecule has 1 fully saturated rings. The van der Waals surface area contributed by atoms with E-state index in [-0.39, 0.29) is 11.4 Å². The van der Waals surface area contributed by atoms with E-state index in [1.165, 1.54) is 12.8 Å². The van der Waals surface area contributed by atoms with E-state index in [4.69, 9.17) is 5.26 Å². The summed E-state index contributed by atoms with van der Waals surface area (Å²) in [5, 5.41) is 8.74. The monoisotopic (exact) mass is 257 g/mol. The summed E-state index contributed by atoms with van der Waals surface area (Å²) in [4.78, 5) is 0. The smallest absolute Gasteiger partial charge is 0.141 e. The van der Waals surface area contributed by atoms with Crippen LogP contribution in [0.1, 0.15) is 56.1 Å². The van der Waals surface area contributed by atoms with E-state index in [9.17, 15) is 4.39 Å². The number of halogens is 1. The number of hydrogen-bond acceptors (Lipinski definition) is 1. The van der Waals surface area contributed by atoms with Crippen LogP contribution in [0.3, 0.4) is 0 Å². The van der Waals surface area contributed by atoms with E-state index in [0.717, 1.165) is 24.8 Å². The minimum Gasteiger partial charge on any atom is -0.206 e. The van der Waals surface area contributed by atoms with Crippen molar-refractivity contribution >= 4 is 0 Å². The molecule has 0 spiro atoms. The molecule has 0 heterocycles. The van der Waals surface area contributed by atoms with Crippen LogP contribution in [-0.4, -0.2) is 0 Å². The lowest BCUT2D eigenvalue weighted by Crippen LogP contribution is -2.12. The second-order valence-corrected chi connectivity index (χ2v) is 5.30. The molecule has 0 radical (unpaired) electrons. The lowest BCUT2D eigenvalue weighted by atomic mass is 9.78. The van der Waals surface area contributed by atoms with Crippen LogP contribution in [0.2, 0.25) is 0 Å². The van der Waals surface area contributed by atoms with Crippen molar-refractivity contribution in [3.8, 4) is 6.07 Å². The fourth-order valence-corrected chi connectivity index (χ4v) is 2.85. The quantitative estimate of drug-likeness (QED) is 0.704. The maximum Gasteiger partial charge on any atom is 0.141 e. The van der Waals surface area contributed by atoms with Crippen molar-refractivity contribution in [1.82, 2.24) is 0 Å². The van der Waals surface area contributed by atoms with Crippen LogP contribution in [0.5, 0.6) is 0 Å². The fourth-order valence-electron chi connectivity index (χ4n) is 2.85. The Morgan fingerprint density at radius 3 is 2.63 bits per heavy atom. The molecule has 1 nitrogen and oxygen atoms in total. The molecule has 0 N–H and O–H groups in total. The highest BCUT2D eigenvalue weighted by Gasteiger charge is 2.21. The third kappa shape index (κ3) is 3.44. The van der Waals surface area contributed by atoms with Gasteiger partial charge in [0.25, 0.3) is 0 Å². The maximum absolute atomic E-state index is 13.6. The van der Waals surface area contributed by atoms with Crippen LogP contribution in [0.4, 0.5) is 4.39 Å². The second-order valence-electron chi connectivity index (χ2n) is 5.30. The molecule has 0 saturated heterocycles. The molecule has 19 heavy (non-hydrogen) atoms. The summed E-state index contributed by atoms with van der Waals surface area (Å²) in [7, 11) is 0. The Morgan fingerprint density at radius 1 is 1.32 bits per heavy atom. The molecule has 0 aliphatic heterocycles. The van der Waals surface area contributed by atoms with E-state index in [0.29, 0.717) is 11.8 Å². The predicted molar refractivity (Wildman–Crippen MR) is 75.2 cm³/mol. The highest BCUT2D eigenvalue weighted by Crippen LogP contribution is 2.36. The molecular weight excluding hydrogens is 237 g/mol. The highest BCUT2D eigenvalue weighted by atomic mass is 19.1. The molecule has 0 aromatic heterocycles. The summed E-state index contributed by atoms with van der Waals surface area (Å²) < 4.78 is 13.6. The Kier molecular flexibility index (Phi) is 4.74. The standard InChI is InChI=1S/C17H20FN/c1-2-3-4-13-5-7-14(8-6-13)15-9-10-16(12-19)17(18)11-15/h3-4,9-11,13-14H,2,5-8H2,1H3/b4-3+. The van der Waals surface area contributed by atoms with E-state index in [1.54, 1.807) is 12.1 Å².